The van der Waals surface area contributed by atoms with E-state index in [1.165, 1.54) is 0 Å². The number of rotatable bonds is 2. The second kappa shape index (κ2) is 3.81. The molecule has 0 atom stereocenters. The predicted octanol–water partition coefficient (Wildman–Crippen LogP) is 1.62. The number of hydrogen-bond donors (Lipinski definition) is 2. The molecule has 4 nitrogen and oxygen atoms in total. The summed E-state index contributed by atoms with van der Waals surface area (Å²) < 4.78 is 11.0. The number of benzene rings is 1. The third-order valence-electron chi connectivity index (χ3n) is 3.30. The quantitative estimate of drug-likeness (QED) is 0.819. The molecular weight excluding hydrogens is 220 g/mol. The van der Waals surface area contributed by atoms with Crippen LogP contribution in [-0.4, -0.2) is 29.0 Å². The van der Waals surface area contributed by atoms with Gasteiger partial charge in [0, 0.05) is 24.5 Å². The van der Waals surface area contributed by atoms with Crippen molar-refractivity contribution in [2.75, 3.05) is 13.2 Å². The first kappa shape index (κ1) is 10.7. The van der Waals surface area contributed by atoms with Gasteiger partial charge in [-0.25, -0.2) is 0 Å². The van der Waals surface area contributed by atoms with Crippen LogP contribution < -0.4 is 9.47 Å². The Bertz CT molecular complexity index is 437. The number of aliphatic hydroxyl groups is 1. The molecule has 1 aliphatic carbocycles. The molecule has 0 aromatic heterocycles. The largest absolute Gasteiger partial charge is 0.508 e. The summed E-state index contributed by atoms with van der Waals surface area (Å²) in [7, 11) is 0. The van der Waals surface area contributed by atoms with Gasteiger partial charge in [0.2, 0.25) is 0 Å². The summed E-state index contributed by atoms with van der Waals surface area (Å²) in [6, 6.07) is 3.37. The van der Waals surface area contributed by atoms with Crippen molar-refractivity contribution in [3.8, 4) is 17.2 Å². The fourth-order valence-corrected chi connectivity index (χ4v) is 2.06. The van der Waals surface area contributed by atoms with E-state index >= 15 is 0 Å². The van der Waals surface area contributed by atoms with E-state index in [4.69, 9.17) is 9.47 Å². The molecule has 2 N–H and O–H groups in total. The highest BCUT2D eigenvalue weighted by Gasteiger charge is 2.41. The Morgan fingerprint density at radius 3 is 2.41 bits per heavy atom. The van der Waals surface area contributed by atoms with Gasteiger partial charge in [0.05, 0.1) is 18.8 Å². The van der Waals surface area contributed by atoms with Crippen molar-refractivity contribution in [2.45, 2.75) is 31.3 Å². The topological polar surface area (TPSA) is 58.9 Å². The van der Waals surface area contributed by atoms with Gasteiger partial charge >= 0.3 is 0 Å². The van der Waals surface area contributed by atoms with Gasteiger partial charge in [-0.15, -0.1) is 0 Å². The SMILES string of the molecule is Oc1cc2c(cc1CC1(O)CC1)OCCCO2. The average molecular weight is 236 g/mol. The maximum absolute atomic E-state index is 9.90. The third kappa shape index (κ3) is 2.17. The summed E-state index contributed by atoms with van der Waals surface area (Å²) in [6.45, 7) is 1.23. The van der Waals surface area contributed by atoms with Gasteiger partial charge in [0.25, 0.3) is 0 Å². The Kier molecular flexibility index (Phi) is 2.40. The van der Waals surface area contributed by atoms with E-state index < -0.39 is 5.60 Å². The number of fused-ring (bicyclic) bond motifs is 1. The van der Waals surface area contributed by atoms with Gasteiger partial charge < -0.3 is 19.7 Å². The molecule has 2 aliphatic rings. The van der Waals surface area contributed by atoms with Gasteiger partial charge in [-0.2, -0.15) is 0 Å². The molecule has 0 unspecified atom stereocenters. The first-order valence-electron chi connectivity index (χ1n) is 6.00. The van der Waals surface area contributed by atoms with Gasteiger partial charge in [-0.3, -0.25) is 0 Å². The molecule has 1 heterocycles. The minimum absolute atomic E-state index is 0.176. The minimum Gasteiger partial charge on any atom is -0.508 e. The molecule has 0 amide bonds. The lowest BCUT2D eigenvalue weighted by Crippen LogP contribution is -2.11. The van der Waals surface area contributed by atoms with E-state index in [2.05, 4.69) is 0 Å². The third-order valence-corrected chi connectivity index (χ3v) is 3.30. The molecule has 0 radical (unpaired) electrons. The van der Waals surface area contributed by atoms with Crippen LogP contribution in [-0.2, 0) is 6.42 Å². The molecule has 1 aliphatic heterocycles. The highest BCUT2D eigenvalue weighted by atomic mass is 16.5. The first-order chi connectivity index (χ1) is 8.16. The summed E-state index contributed by atoms with van der Waals surface area (Å²) in [6.07, 6.45) is 2.94. The molecule has 1 fully saturated rings. The normalized spacial score (nSPS) is 20.8. The van der Waals surface area contributed by atoms with Crippen LogP contribution in [0.3, 0.4) is 0 Å². The monoisotopic (exact) mass is 236 g/mol. The predicted molar refractivity (Wildman–Crippen MR) is 61.6 cm³/mol. The maximum atomic E-state index is 9.90. The molecule has 3 rings (SSSR count). The second-order valence-corrected chi connectivity index (χ2v) is 4.88. The summed E-state index contributed by atoms with van der Waals surface area (Å²) in [5, 5.41) is 19.8. The van der Waals surface area contributed by atoms with Crippen molar-refractivity contribution in [1.29, 1.82) is 0 Å². The van der Waals surface area contributed by atoms with E-state index in [0.717, 1.165) is 24.8 Å². The average Bonchev–Trinajstić information content (AvgIpc) is 3.04. The lowest BCUT2D eigenvalue weighted by atomic mass is 10.0. The van der Waals surface area contributed by atoms with Gasteiger partial charge in [-0.1, -0.05) is 0 Å². The van der Waals surface area contributed by atoms with Gasteiger partial charge in [0.15, 0.2) is 11.5 Å². The molecule has 1 aromatic carbocycles. The van der Waals surface area contributed by atoms with E-state index in [9.17, 15) is 10.2 Å². The maximum Gasteiger partial charge on any atom is 0.164 e. The van der Waals surface area contributed by atoms with Crippen LogP contribution >= 0.6 is 0 Å². The van der Waals surface area contributed by atoms with E-state index in [0.29, 0.717) is 31.1 Å². The molecule has 1 aromatic rings. The van der Waals surface area contributed by atoms with E-state index in [1.54, 1.807) is 12.1 Å². The summed E-state index contributed by atoms with van der Waals surface area (Å²) >= 11 is 0. The van der Waals surface area contributed by atoms with E-state index in [-0.39, 0.29) is 5.75 Å². The van der Waals surface area contributed by atoms with Crippen LogP contribution in [0, 0.1) is 0 Å². The van der Waals surface area contributed by atoms with Crippen molar-refractivity contribution in [1.82, 2.24) is 0 Å². The Morgan fingerprint density at radius 2 is 1.76 bits per heavy atom. The van der Waals surface area contributed by atoms with Crippen molar-refractivity contribution in [2.24, 2.45) is 0 Å². The molecule has 92 valence electrons. The molecule has 4 heteroatoms. The van der Waals surface area contributed by atoms with Gasteiger partial charge in [0.1, 0.15) is 5.75 Å². The fraction of sp³-hybridized carbons (Fsp3) is 0.538. The first-order valence-corrected chi connectivity index (χ1v) is 6.00. The number of aromatic hydroxyl groups is 1. The Morgan fingerprint density at radius 1 is 1.12 bits per heavy atom. The van der Waals surface area contributed by atoms with Gasteiger partial charge in [-0.05, 0) is 18.9 Å². The van der Waals surface area contributed by atoms with Crippen molar-refractivity contribution < 1.29 is 19.7 Å². The zero-order chi connectivity index (χ0) is 11.9. The van der Waals surface area contributed by atoms with Crippen LogP contribution in [0.2, 0.25) is 0 Å². The summed E-state index contributed by atoms with van der Waals surface area (Å²) in [4.78, 5) is 0. The minimum atomic E-state index is -0.614. The number of ether oxygens (including phenoxy) is 2. The molecule has 0 saturated heterocycles. The lowest BCUT2D eigenvalue weighted by molar-refractivity contribution is 0.150. The van der Waals surface area contributed by atoms with E-state index in [1.807, 2.05) is 0 Å². The zero-order valence-corrected chi connectivity index (χ0v) is 9.61. The van der Waals surface area contributed by atoms with Crippen LogP contribution in [0.1, 0.15) is 24.8 Å². The van der Waals surface area contributed by atoms with Crippen molar-refractivity contribution in [3.05, 3.63) is 17.7 Å². The molecular formula is C13H16O4. The summed E-state index contributed by atoms with van der Waals surface area (Å²) in [5.41, 5.74) is 0.117. The molecule has 0 bridgehead atoms. The second-order valence-electron chi connectivity index (χ2n) is 4.88. The highest BCUT2D eigenvalue weighted by molar-refractivity contribution is 5.51. The highest BCUT2D eigenvalue weighted by Crippen LogP contribution is 2.43. The molecule has 0 spiro atoms. The fourth-order valence-electron chi connectivity index (χ4n) is 2.06. The Labute approximate surface area is 99.8 Å². The number of phenols is 1. The number of hydrogen-bond acceptors (Lipinski definition) is 4. The van der Waals surface area contributed by atoms with Crippen LogP contribution in [0.15, 0.2) is 12.1 Å². The van der Waals surface area contributed by atoms with Crippen molar-refractivity contribution in [3.63, 3.8) is 0 Å². The standard InChI is InChI=1S/C13H16O4/c14-10-7-12-11(16-4-1-5-17-12)6-9(10)8-13(15)2-3-13/h6-7,14-15H,1-5,8H2. The molecule has 17 heavy (non-hydrogen) atoms. The molecule has 1 saturated carbocycles. The smallest absolute Gasteiger partial charge is 0.164 e. The summed E-state index contributed by atoms with van der Waals surface area (Å²) in [5.74, 6) is 1.43. The van der Waals surface area contributed by atoms with Crippen LogP contribution in [0.5, 0.6) is 17.2 Å². The zero-order valence-electron chi connectivity index (χ0n) is 9.61. The Balaban J connectivity index is 1.91. The van der Waals surface area contributed by atoms with Crippen LogP contribution in [0.4, 0.5) is 0 Å². The Hall–Kier alpha value is -1.42. The van der Waals surface area contributed by atoms with Crippen LogP contribution in [0.25, 0.3) is 0 Å². The lowest BCUT2D eigenvalue weighted by Gasteiger charge is -2.13. The number of phenolic OH excluding ortho intramolecular Hbond substituents is 1. The van der Waals surface area contributed by atoms with Crippen molar-refractivity contribution >= 4 is 0 Å².